The van der Waals surface area contributed by atoms with E-state index in [9.17, 15) is 9.18 Å². The molecule has 5 nitrogen and oxygen atoms in total. The van der Waals surface area contributed by atoms with Crippen molar-refractivity contribution in [3.63, 3.8) is 0 Å². The summed E-state index contributed by atoms with van der Waals surface area (Å²) in [6.45, 7) is 3.83. The van der Waals surface area contributed by atoms with Crippen LogP contribution >= 0.6 is 12.1 Å². The van der Waals surface area contributed by atoms with Crippen LogP contribution in [0.1, 0.15) is 25.3 Å². The molecule has 0 N–H and O–H groups in total. The number of carbonyl (C=O) groups excluding carboxylic acids is 1. The number of nitrogens with zero attached hydrogens (tertiary/aromatic N) is 3. The molecule has 29 heavy (non-hydrogen) atoms. The number of carbonyl (C=O) groups is 1. The van der Waals surface area contributed by atoms with Crippen LogP contribution in [0.2, 0.25) is 0 Å². The third kappa shape index (κ3) is 4.21. The Labute approximate surface area is 175 Å². The lowest BCUT2D eigenvalue weighted by molar-refractivity contribution is 0.0570. The van der Waals surface area contributed by atoms with E-state index in [1.807, 2.05) is 41.3 Å². The Morgan fingerprint density at radius 3 is 2.76 bits per heavy atom. The van der Waals surface area contributed by atoms with Crippen molar-refractivity contribution in [1.29, 1.82) is 0 Å². The number of ether oxygens (including phenoxy) is 1. The highest BCUT2D eigenvalue weighted by Gasteiger charge is 2.49. The summed E-state index contributed by atoms with van der Waals surface area (Å²) in [5.41, 5.74) is 1.71. The second kappa shape index (κ2) is 8.24. The predicted molar refractivity (Wildman–Crippen MR) is 114 cm³/mol. The number of likely N-dealkylation sites (tertiary alicyclic amines) is 1. The monoisotopic (exact) mass is 415 g/mol. The zero-order chi connectivity index (χ0) is 20.4. The average Bonchev–Trinajstić information content (AvgIpc) is 3.02. The van der Waals surface area contributed by atoms with Gasteiger partial charge in [0.15, 0.2) is 0 Å². The lowest BCUT2D eigenvalue weighted by atomic mass is 9.83. The first-order valence-corrected chi connectivity index (χ1v) is 10.6. The molecular weight excluding hydrogens is 389 g/mol. The van der Waals surface area contributed by atoms with Crippen molar-refractivity contribution >= 4 is 23.9 Å². The maximum Gasteiger partial charge on any atom is 0.410 e. The molecule has 1 amide bonds. The Hall–Kier alpha value is -2.25. The molecule has 2 saturated heterocycles. The summed E-state index contributed by atoms with van der Waals surface area (Å²) in [5, 5.41) is 0. The van der Waals surface area contributed by atoms with Crippen molar-refractivity contribution in [2.24, 2.45) is 0 Å². The molecule has 0 unspecified atom stereocenters. The number of rotatable bonds is 3. The van der Waals surface area contributed by atoms with Gasteiger partial charge in [-0.1, -0.05) is 36.4 Å². The van der Waals surface area contributed by atoms with Gasteiger partial charge in [0.05, 0.1) is 11.2 Å². The first-order valence-electron chi connectivity index (χ1n) is 9.89. The molecule has 0 bridgehead atoms. The number of amides is 1. The molecule has 0 aliphatic carbocycles. The minimum Gasteiger partial charge on any atom is -0.445 e. The maximum atomic E-state index is 13.8. The minimum absolute atomic E-state index is 0.0372. The molecule has 7 heteroatoms. The molecule has 1 spiro atoms. The summed E-state index contributed by atoms with van der Waals surface area (Å²) in [6.07, 6.45) is 1.35. The van der Waals surface area contributed by atoms with E-state index in [1.165, 1.54) is 6.07 Å². The van der Waals surface area contributed by atoms with Crippen LogP contribution in [0.5, 0.6) is 0 Å². The topological polar surface area (TPSA) is 36.0 Å². The Morgan fingerprint density at radius 2 is 2.03 bits per heavy atom. The molecule has 2 aliphatic heterocycles. The van der Waals surface area contributed by atoms with Crippen LogP contribution in [-0.2, 0) is 11.3 Å². The van der Waals surface area contributed by atoms with Crippen LogP contribution in [-0.4, -0.2) is 47.0 Å². The van der Waals surface area contributed by atoms with Crippen molar-refractivity contribution < 1.29 is 13.9 Å². The fraction of sp³-hybridized carbons (Fsp3) is 0.409. The summed E-state index contributed by atoms with van der Waals surface area (Å²) in [6, 6.07) is 16.5. The molecule has 4 rings (SSSR count). The Kier molecular flexibility index (Phi) is 5.69. The number of benzene rings is 2. The number of piperidine rings is 1. The van der Waals surface area contributed by atoms with Gasteiger partial charge in [0.25, 0.3) is 0 Å². The highest BCUT2D eigenvalue weighted by molar-refractivity contribution is 7.98. The molecule has 2 atom stereocenters. The van der Waals surface area contributed by atoms with E-state index in [0.29, 0.717) is 6.54 Å². The largest absolute Gasteiger partial charge is 0.445 e. The van der Waals surface area contributed by atoms with E-state index in [4.69, 9.17) is 4.74 Å². The van der Waals surface area contributed by atoms with E-state index in [2.05, 4.69) is 22.6 Å². The van der Waals surface area contributed by atoms with Crippen molar-refractivity contribution in [2.45, 2.75) is 38.0 Å². The molecule has 2 aromatic rings. The number of anilines is 1. The first-order chi connectivity index (χ1) is 14.0. The molecule has 2 aliphatic rings. The third-order valence-electron chi connectivity index (χ3n) is 5.68. The molecule has 2 fully saturated rings. The first kappa shape index (κ1) is 20.0. The van der Waals surface area contributed by atoms with Gasteiger partial charge >= 0.3 is 6.09 Å². The highest BCUT2D eigenvalue weighted by atomic mass is 32.2. The van der Waals surface area contributed by atoms with Crippen LogP contribution in [0.25, 0.3) is 0 Å². The van der Waals surface area contributed by atoms with Gasteiger partial charge in [0.1, 0.15) is 12.4 Å². The quantitative estimate of drug-likeness (QED) is 0.679. The molecule has 154 valence electrons. The van der Waals surface area contributed by atoms with Crippen molar-refractivity contribution in [3.8, 4) is 0 Å². The number of hydrogen-bond acceptors (Lipinski definition) is 5. The lowest BCUT2D eigenvalue weighted by Gasteiger charge is -2.46. The normalized spacial score (nSPS) is 24.9. The van der Waals surface area contributed by atoms with Crippen LogP contribution < -0.4 is 4.31 Å². The van der Waals surface area contributed by atoms with Gasteiger partial charge < -0.3 is 9.64 Å². The number of halogens is 1. The zero-order valence-corrected chi connectivity index (χ0v) is 17.6. The van der Waals surface area contributed by atoms with Crippen LogP contribution in [0.3, 0.4) is 0 Å². The van der Waals surface area contributed by atoms with Crippen molar-refractivity contribution in [3.05, 3.63) is 66.0 Å². The van der Waals surface area contributed by atoms with Gasteiger partial charge in [-0.25, -0.2) is 13.5 Å². The third-order valence-corrected chi connectivity index (χ3v) is 6.85. The van der Waals surface area contributed by atoms with E-state index >= 15 is 0 Å². The smallest absolute Gasteiger partial charge is 0.410 e. The summed E-state index contributed by atoms with van der Waals surface area (Å²) in [7, 11) is 2.05. The molecule has 2 aromatic carbocycles. The zero-order valence-electron chi connectivity index (χ0n) is 16.8. The van der Waals surface area contributed by atoms with Gasteiger partial charge in [-0.3, -0.25) is 4.31 Å². The van der Waals surface area contributed by atoms with E-state index in [1.54, 1.807) is 24.3 Å². The molecule has 0 aromatic heterocycles. The fourth-order valence-corrected chi connectivity index (χ4v) is 5.55. The molecular formula is C22H26FN3O2S. The van der Waals surface area contributed by atoms with Crippen LogP contribution in [0, 0.1) is 5.82 Å². The van der Waals surface area contributed by atoms with Gasteiger partial charge in [0, 0.05) is 31.3 Å². The standard InChI is InChI=1S/C22H26FN3O2S/c1-17-14-22(16-24(2)29-26(22)20-10-6-9-19(23)13-20)11-12-25(17)21(27)28-15-18-7-4-3-5-8-18/h3-10,13,17H,11-12,14-16H2,1-2H3/t17-,22+/m0/s1. The van der Waals surface area contributed by atoms with Gasteiger partial charge in [-0.05, 0) is 50.6 Å². The Balaban J connectivity index is 1.45. The Morgan fingerprint density at radius 1 is 1.24 bits per heavy atom. The van der Waals surface area contributed by atoms with Gasteiger partial charge in [-0.15, -0.1) is 0 Å². The molecule has 0 saturated carbocycles. The van der Waals surface area contributed by atoms with Crippen molar-refractivity contribution in [1.82, 2.24) is 9.21 Å². The second-order valence-corrected chi connectivity index (χ2v) is 9.05. The second-order valence-electron chi connectivity index (χ2n) is 7.90. The van der Waals surface area contributed by atoms with Crippen molar-refractivity contribution in [2.75, 3.05) is 24.4 Å². The lowest BCUT2D eigenvalue weighted by Crippen LogP contribution is -2.57. The fourth-order valence-electron chi connectivity index (χ4n) is 4.37. The van der Waals surface area contributed by atoms with E-state index < -0.39 is 0 Å². The molecule has 0 radical (unpaired) electrons. The SMILES string of the molecule is C[C@H]1C[C@]2(CCN1C(=O)OCc1ccccc1)CN(C)SN2c1cccc(F)c1. The average molecular weight is 416 g/mol. The highest BCUT2D eigenvalue weighted by Crippen LogP contribution is 2.46. The summed E-state index contributed by atoms with van der Waals surface area (Å²) >= 11 is 1.62. The number of likely N-dealkylation sites (N-methyl/N-ethyl adjacent to an activating group) is 1. The van der Waals surface area contributed by atoms with E-state index in [-0.39, 0.29) is 30.1 Å². The summed E-state index contributed by atoms with van der Waals surface area (Å²) in [5.74, 6) is -0.234. The minimum atomic E-state index is -0.271. The predicted octanol–water partition coefficient (Wildman–Crippen LogP) is 4.70. The maximum absolute atomic E-state index is 13.8. The van der Waals surface area contributed by atoms with Gasteiger partial charge in [-0.2, -0.15) is 0 Å². The van der Waals surface area contributed by atoms with Crippen LogP contribution in [0.15, 0.2) is 54.6 Å². The number of hydrogen-bond donors (Lipinski definition) is 0. The summed E-state index contributed by atoms with van der Waals surface area (Å²) < 4.78 is 23.8. The van der Waals surface area contributed by atoms with E-state index in [0.717, 1.165) is 30.6 Å². The van der Waals surface area contributed by atoms with Gasteiger partial charge in [0.2, 0.25) is 0 Å². The Bertz CT molecular complexity index is 868. The van der Waals surface area contributed by atoms with Crippen LogP contribution in [0.4, 0.5) is 14.9 Å². The molecule has 2 heterocycles. The summed E-state index contributed by atoms with van der Waals surface area (Å²) in [4.78, 5) is 14.5.